The van der Waals surface area contributed by atoms with Gasteiger partial charge in [0.05, 0.1) is 29.2 Å². The highest BCUT2D eigenvalue weighted by Crippen LogP contribution is 2.67. The van der Waals surface area contributed by atoms with Gasteiger partial charge in [-0.2, -0.15) is 0 Å². The molecule has 3 fully saturated rings. The van der Waals surface area contributed by atoms with Crippen LogP contribution in [0.4, 0.5) is 5.69 Å². The molecule has 8 heteroatoms. The van der Waals surface area contributed by atoms with Crippen molar-refractivity contribution in [3.05, 3.63) is 90.5 Å². The normalized spacial score (nSPS) is 26.9. The first-order chi connectivity index (χ1) is 19.8. The Hall–Kier alpha value is -3.36. The van der Waals surface area contributed by atoms with Crippen LogP contribution >= 0.6 is 11.8 Å². The molecule has 0 aromatic heterocycles. The number of nitrogens with zero attached hydrogens (tertiary/aromatic N) is 2. The van der Waals surface area contributed by atoms with E-state index in [1.54, 1.807) is 27.6 Å². The molecule has 0 aliphatic carbocycles. The molecular formula is C33H38N2O5S. The van der Waals surface area contributed by atoms with Gasteiger partial charge in [-0.3, -0.25) is 14.4 Å². The monoisotopic (exact) mass is 574 g/mol. The van der Waals surface area contributed by atoms with Crippen LogP contribution in [0.3, 0.4) is 0 Å². The van der Waals surface area contributed by atoms with E-state index in [9.17, 15) is 19.5 Å². The highest BCUT2D eigenvalue weighted by Gasteiger charge is 2.74. The van der Waals surface area contributed by atoms with Crippen LogP contribution in [0, 0.1) is 25.7 Å². The third-order valence-electron chi connectivity index (χ3n) is 8.79. The lowest BCUT2D eigenvalue weighted by atomic mass is 9.71. The van der Waals surface area contributed by atoms with Crippen molar-refractivity contribution in [1.82, 2.24) is 4.90 Å². The van der Waals surface area contributed by atoms with E-state index in [1.807, 2.05) is 62.4 Å². The van der Waals surface area contributed by atoms with E-state index in [1.165, 1.54) is 6.08 Å². The molecule has 41 heavy (non-hydrogen) atoms. The van der Waals surface area contributed by atoms with Gasteiger partial charge in [-0.05, 0) is 49.8 Å². The molecule has 0 radical (unpaired) electrons. The van der Waals surface area contributed by atoms with Crippen LogP contribution in [0.25, 0.3) is 0 Å². The first kappa shape index (κ1) is 29.1. The number of aryl methyl sites for hydroxylation is 2. The third kappa shape index (κ3) is 4.91. The Morgan fingerprint density at radius 3 is 2.49 bits per heavy atom. The van der Waals surface area contributed by atoms with Crippen molar-refractivity contribution in [1.29, 1.82) is 0 Å². The first-order valence-corrected chi connectivity index (χ1v) is 15.1. The predicted octanol–water partition coefficient (Wildman–Crippen LogP) is 4.25. The summed E-state index contributed by atoms with van der Waals surface area (Å²) in [4.78, 5) is 46.1. The second kappa shape index (κ2) is 11.9. The zero-order chi connectivity index (χ0) is 29.3. The number of hydrogen-bond acceptors (Lipinski definition) is 6. The second-order valence-electron chi connectivity index (χ2n) is 11.2. The van der Waals surface area contributed by atoms with Gasteiger partial charge in [-0.1, -0.05) is 67.3 Å². The molecule has 3 aliphatic rings. The molecule has 6 atom stereocenters. The Kier molecular flexibility index (Phi) is 8.43. The van der Waals surface area contributed by atoms with Crippen LogP contribution in [-0.2, 0) is 25.5 Å². The molecule has 2 aromatic rings. The van der Waals surface area contributed by atoms with Crippen LogP contribution in [0.5, 0.6) is 0 Å². The molecule has 0 saturated carbocycles. The van der Waals surface area contributed by atoms with Crippen LogP contribution in [-0.4, -0.2) is 69.6 Å². The van der Waals surface area contributed by atoms with Gasteiger partial charge in [0.2, 0.25) is 5.91 Å². The van der Waals surface area contributed by atoms with E-state index in [4.69, 9.17) is 4.74 Å². The van der Waals surface area contributed by atoms with E-state index >= 15 is 0 Å². The Bertz CT molecular complexity index is 1330. The van der Waals surface area contributed by atoms with Gasteiger partial charge in [0.1, 0.15) is 12.6 Å². The fourth-order valence-corrected chi connectivity index (χ4v) is 9.39. The Labute approximate surface area is 246 Å². The number of carbonyl (C=O) groups is 3. The van der Waals surface area contributed by atoms with Gasteiger partial charge >= 0.3 is 5.97 Å². The smallest absolute Gasteiger partial charge is 0.311 e. The Balaban J connectivity index is 1.62. The first-order valence-electron chi connectivity index (χ1n) is 14.2. The van der Waals surface area contributed by atoms with E-state index in [0.717, 1.165) is 22.4 Å². The lowest BCUT2D eigenvalue weighted by molar-refractivity contribution is -0.153. The molecule has 2 bridgehead atoms. The number of aliphatic hydroxyl groups is 1. The summed E-state index contributed by atoms with van der Waals surface area (Å²) in [6.07, 6.45) is 4.95. The van der Waals surface area contributed by atoms with Gasteiger partial charge < -0.3 is 19.6 Å². The summed E-state index contributed by atoms with van der Waals surface area (Å²) in [6, 6.07) is 14.1. The minimum absolute atomic E-state index is 0.0691. The number of rotatable bonds is 11. The van der Waals surface area contributed by atoms with Crippen molar-refractivity contribution >= 4 is 35.2 Å². The number of carbonyl (C=O) groups excluding carboxylic acids is 3. The fourth-order valence-electron chi connectivity index (χ4n) is 7.21. The van der Waals surface area contributed by atoms with Crippen molar-refractivity contribution in [2.45, 2.75) is 55.2 Å². The number of fused-ring (bicyclic) bond motifs is 1. The number of aliphatic hydroxyl groups excluding tert-OH is 1. The summed E-state index contributed by atoms with van der Waals surface area (Å²) in [6.45, 7) is 11.5. The Morgan fingerprint density at radius 2 is 1.85 bits per heavy atom. The molecule has 5 rings (SSSR count). The molecule has 3 saturated heterocycles. The number of para-hydroxylation sites is 1. The van der Waals surface area contributed by atoms with E-state index in [2.05, 4.69) is 13.2 Å². The second-order valence-corrected chi connectivity index (χ2v) is 12.8. The number of thioether (sulfide) groups is 1. The van der Waals surface area contributed by atoms with Crippen LogP contribution in [0.15, 0.2) is 73.8 Å². The summed E-state index contributed by atoms with van der Waals surface area (Å²) >= 11 is 1.59. The number of anilines is 1. The minimum atomic E-state index is -0.855. The van der Waals surface area contributed by atoms with Gasteiger partial charge in [-0.15, -0.1) is 18.3 Å². The summed E-state index contributed by atoms with van der Waals surface area (Å²) in [7, 11) is 0. The molecule has 2 unspecified atom stereocenters. The van der Waals surface area contributed by atoms with Gasteiger partial charge in [-0.25, -0.2) is 0 Å². The van der Waals surface area contributed by atoms with Crippen LogP contribution in [0.1, 0.15) is 29.5 Å². The number of esters is 1. The molecule has 1 spiro atoms. The van der Waals surface area contributed by atoms with Crippen molar-refractivity contribution in [2.75, 3.05) is 24.7 Å². The zero-order valence-electron chi connectivity index (χ0n) is 23.7. The highest BCUT2D eigenvalue weighted by atomic mass is 32.2. The van der Waals surface area contributed by atoms with Gasteiger partial charge in [0, 0.05) is 17.5 Å². The van der Waals surface area contributed by atoms with Crippen molar-refractivity contribution in [3.8, 4) is 0 Å². The van der Waals surface area contributed by atoms with Gasteiger partial charge in [0.15, 0.2) is 0 Å². The number of amides is 2. The summed E-state index contributed by atoms with van der Waals surface area (Å²) < 4.78 is 4.69. The van der Waals surface area contributed by atoms with E-state index in [0.29, 0.717) is 19.3 Å². The SMILES string of the molecule is C=CCOC(=O)[C@@H]1[C@@H]2CCC3(S2)C(C(=O)N(CC=C)c2c(C)cccc2C)N([C@@H](CO)Cc2ccccc2)C(=O)[C@H]13. The molecule has 3 aliphatic heterocycles. The van der Waals surface area contributed by atoms with Crippen molar-refractivity contribution in [2.24, 2.45) is 11.8 Å². The summed E-state index contributed by atoms with van der Waals surface area (Å²) in [5.41, 5.74) is 3.65. The molecule has 7 nitrogen and oxygen atoms in total. The predicted molar refractivity (Wildman–Crippen MR) is 162 cm³/mol. The molecular weight excluding hydrogens is 536 g/mol. The molecule has 2 amide bonds. The number of hydrogen-bond donors (Lipinski definition) is 1. The van der Waals surface area contributed by atoms with Crippen LogP contribution in [0.2, 0.25) is 0 Å². The molecule has 216 valence electrons. The average molecular weight is 575 g/mol. The maximum Gasteiger partial charge on any atom is 0.311 e. The number of likely N-dealkylation sites (tertiary alicyclic amines) is 1. The largest absolute Gasteiger partial charge is 0.461 e. The van der Waals surface area contributed by atoms with E-state index in [-0.39, 0.29) is 36.8 Å². The summed E-state index contributed by atoms with van der Waals surface area (Å²) in [5.74, 6) is -2.24. The standard InChI is InChI=1S/C33H38N2O5S/c1-5-17-34(28-21(3)11-10-12-22(28)4)31(38)29-33-16-15-25(41-33)26(32(39)40-18-6-2)27(33)30(37)35(29)24(20-36)19-23-13-8-7-9-14-23/h5-14,24-27,29,36H,1-2,15-20H2,3-4H3/t24-,25+,26-,27+,29?,33?/m1/s1. The lowest BCUT2D eigenvalue weighted by Gasteiger charge is -2.40. The highest BCUT2D eigenvalue weighted by molar-refractivity contribution is 8.02. The van der Waals surface area contributed by atoms with E-state index < -0.39 is 34.6 Å². The topological polar surface area (TPSA) is 87.2 Å². The van der Waals surface area contributed by atoms with Crippen molar-refractivity contribution in [3.63, 3.8) is 0 Å². The molecule has 2 aromatic carbocycles. The maximum absolute atomic E-state index is 14.9. The van der Waals surface area contributed by atoms with Crippen molar-refractivity contribution < 1.29 is 24.2 Å². The average Bonchev–Trinajstić information content (AvgIpc) is 3.61. The molecule has 3 heterocycles. The zero-order valence-corrected chi connectivity index (χ0v) is 24.5. The maximum atomic E-state index is 14.9. The quantitative estimate of drug-likeness (QED) is 0.319. The number of benzene rings is 2. The Morgan fingerprint density at radius 1 is 1.15 bits per heavy atom. The third-order valence-corrected chi connectivity index (χ3v) is 10.7. The van der Waals surface area contributed by atoms with Crippen LogP contribution < -0.4 is 4.90 Å². The van der Waals surface area contributed by atoms with Gasteiger partial charge in [0.25, 0.3) is 5.91 Å². The lowest BCUT2D eigenvalue weighted by Crippen LogP contribution is -2.58. The fraction of sp³-hybridized carbons (Fsp3) is 0.424. The molecule has 1 N–H and O–H groups in total. The number of ether oxygens (including phenoxy) is 1. The summed E-state index contributed by atoms with van der Waals surface area (Å²) in [5, 5.41) is 10.6. The minimum Gasteiger partial charge on any atom is -0.461 e.